The maximum Gasteiger partial charge on any atom is 0.239 e. The average molecular weight is 409 g/mol. The lowest BCUT2D eigenvalue weighted by Crippen LogP contribution is -2.37. The SMILES string of the molecule is Cc1cccc(C(C)C)c1NC(=O)CN(Cc1ccc(Cl)cc1)S(C)(=O)=O. The Morgan fingerprint density at radius 1 is 1.15 bits per heavy atom. The normalized spacial score (nSPS) is 11.8. The molecule has 1 N–H and O–H groups in total. The monoisotopic (exact) mass is 408 g/mol. The first-order valence-electron chi connectivity index (χ1n) is 8.67. The van der Waals surface area contributed by atoms with Crippen LogP contribution in [0.1, 0.15) is 36.5 Å². The summed E-state index contributed by atoms with van der Waals surface area (Å²) in [5.74, 6) is -0.133. The summed E-state index contributed by atoms with van der Waals surface area (Å²) in [6.07, 6.45) is 1.10. The van der Waals surface area contributed by atoms with E-state index in [1.54, 1.807) is 24.3 Å². The minimum absolute atomic E-state index is 0.105. The zero-order chi connectivity index (χ0) is 20.2. The third kappa shape index (κ3) is 6.06. The van der Waals surface area contributed by atoms with Gasteiger partial charge in [0.05, 0.1) is 12.8 Å². The lowest BCUT2D eigenvalue weighted by molar-refractivity contribution is -0.116. The smallest absolute Gasteiger partial charge is 0.239 e. The number of nitrogens with zero attached hydrogens (tertiary/aromatic N) is 1. The van der Waals surface area contributed by atoms with E-state index in [1.165, 1.54) is 0 Å². The summed E-state index contributed by atoms with van der Waals surface area (Å²) in [6, 6.07) is 12.7. The van der Waals surface area contributed by atoms with Crippen LogP contribution < -0.4 is 5.32 Å². The second-order valence-corrected chi connectivity index (χ2v) is 9.32. The first-order chi connectivity index (χ1) is 12.6. The molecule has 2 aromatic carbocycles. The highest BCUT2D eigenvalue weighted by molar-refractivity contribution is 7.88. The van der Waals surface area contributed by atoms with Crippen LogP contribution in [0.15, 0.2) is 42.5 Å². The van der Waals surface area contributed by atoms with Crippen molar-refractivity contribution < 1.29 is 13.2 Å². The second-order valence-electron chi connectivity index (χ2n) is 6.90. The van der Waals surface area contributed by atoms with E-state index in [0.717, 1.165) is 32.9 Å². The molecule has 5 nitrogen and oxygen atoms in total. The van der Waals surface area contributed by atoms with Crippen molar-refractivity contribution in [1.82, 2.24) is 4.31 Å². The zero-order valence-electron chi connectivity index (χ0n) is 16.0. The molecule has 0 radical (unpaired) electrons. The van der Waals surface area contributed by atoms with E-state index in [2.05, 4.69) is 5.32 Å². The number of hydrogen-bond donors (Lipinski definition) is 1. The van der Waals surface area contributed by atoms with Gasteiger partial charge in [-0.3, -0.25) is 4.79 Å². The van der Waals surface area contributed by atoms with Gasteiger partial charge in [-0.2, -0.15) is 4.31 Å². The summed E-state index contributed by atoms with van der Waals surface area (Å²) in [4.78, 5) is 12.6. The summed E-state index contributed by atoms with van der Waals surface area (Å²) in [5.41, 5.74) is 3.47. The number of anilines is 1. The molecule has 0 atom stereocenters. The molecular formula is C20H25ClN2O3S. The van der Waals surface area contributed by atoms with Crippen molar-refractivity contribution in [1.29, 1.82) is 0 Å². The molecule has 0 aliphatic rings. The molecule has 2 rings (SSSR count). The van der Waals surface area contributed by atoms with Gasteiger partial charge in [0.25, 0.3) is 0 Å². The largest absolute Gasteiger partial charge is 0.324 e. The molecule has 1 amide bonds. The third-order valence-corrected chi connectivity index (χ3v) is 5.70. The van der Waals surface area contributed by atoms with Gasteiger partial charge in [0.1, 0.15) is 0 Å². The molecular weight excluding hydrogens is 384 g/mol. The first kappa shape index (κ1) is 21.4. The summed E-state index contributed by atoms with van der Waals surface area (Å²) in [7, 11) is -3.56. The van der Waals surface area contributed by atoms with E-state index in [-0.39, 0.29) is 24.9 Å². The summed E-state index contributed by atoms with van der Waals surface area (Å²) in [6.45, 7) is 5.87. The number of carbonyl (C=O) groups excluding carboxylic acids is 1. The van der Waals surface area contributed by atoms with Crippen molar-refractivity contribution in [3.05, 3.63) is 64.2 Å². The van der Waals surface area contributed by atoms with Gasteiger partial charge < -0.3 is 5.32 Å². The van der Waals surface area contributed by atoms with Crippen LogP contribution in [0, 0.1) is 6.92 Å². The van der Waals surface area contributed by atoms with Crippen LogP contribution in [-0.4, -0.2) is 31.4 Å². The number of hydrogen-bond acceptors (Lipinski definition) is 3. The molecule has 27 heavy (non-hydrogen) atoms. The van der Waals surface area contributed by atoms with E-state index in [0.29, 0.717) is 5.02 Å². The van der Waals surface area contributed by atoms with E-state index < -0.39 is 10.0 Å². The second kappa shape index (κ2) is 8.87. The van der Waals surface area contributed by atoms with Crippen LogP contribution >= 0.6 is 11.6 Å². The molecule has 0 aromatic heterocycles. The van der Waals surface area contributed by atoms with Gasteiger partial charge in [0, 0.05) is 17.3 Å². The zero-order valence-corrected chi connectivity index (χ0v) is 17.6. The Balaban J connectivity index is 2.19. The average Bonchev–Trinajstić information content (AvgIpc) is 2.57. The van der Waals surface area contributed by atoms with Crippen LogP contribution in [-0.2, 0) is 21.4 Å². The van der Waals surface area contributed by atoms with Crippen molar-refractivity contribution in [2.45, 2.75) is 33.2 Å². The maximum absolute atomic E-state index is 12.6. The highest BCUT2D eigenvalue weighted by Gasteiger charge is 2.22. The number of sulfonamides is 1. The number of para-hydroxylation sites is 1. The van der Waals surface area contributed by atoms with Gasteiger partial charge in [-0.25, -0.2) is 8.42 Å². The summed E-state index contributed by atoms with van der Waals surface area (Å²) < 4.78 is 25.5. The Morgan fingerprint density at radius 3 is 2.33 bits per heavy atom. The van der Waals surface area contributed by atoms with Crippen molar-refractivity contribution in [3.8, 4) is 0 Å². The van der Waals surface area contributed by atoms with Crippen LogP contribution in [0.3, 0.4) is 0 Å². The summed E-state index contributed by atoms with van der Waals surface area (Å²) in [5, 5.41) is 3.46. The van der Waals surface area contributed by atoms with Gasteiger partial charge in [-0.15, -0.1) is 0 Å². The number of rotatable bonds is 7. The molecule has 0 unspecified atom stereocenters. The molecule has 146 valence electrons. The van der Waals surface area contributed by atoms with E-state index in [4.69, 9.17) is 11.6 Å². The van der Waals surface area contributed by atoms with Gasteiger partial charge in [-0.05, 0) is 41.7 Å². The minimum atomic E-state index is -3.56. The number of amides is 1. The molecule has 0 saturated heterocycles. The fourth-order valence-electron chi connectivity index (χ4n) is 2.77. The van der Waals surface area contributed by atoms with Gasteiger partial charge in [0.15, 0.2) is 0 Å². The predicted molar refractivity (Wildman–Crippen MR) is 111 cm³/mol. The quantitative estimate of drug-likeness (QED) is 0.747. The Hall–Kier alpha value is -1.89. The number of halogens is 1. The van der Waals surface area contributed by atoms with E-state index in [1.807, 2.05) is 39.0 Å². The molecule has 7 heteroatoms. The van der Waals surface area contributed by atoms with Crippen molar-refractivity contribution in [2.24, 2.45) is 0 Å². The number of aryl methyl sites for hydroxylation is 1. The lowest BCUT2D eigenvalue weighted by atomic mass is 9.98. The first-order valence-corrected chi connectivity index (χ1v) is 10.9. The number of benzene rings is 2. The minimum Gasteiger partial charge on any atom is -0.324 e. The Kier molecular flexibility index (Phi) is 7.03. The fraction of sp³-hybridized carbons (Fsp3) is 0.350. The molecule has 0 fully saturated rings. The van der Waals surface area contributed by atoms with Crippen LogP contribution in [0.5, 0.6) is 0 Å². The highest BCUT2D eigenvalue weighted by atomic mass is 35.5. The third-order valence-electron chi connectivity index (χ3n) is 4.25. The summed E-state index contributed by atoms with van der Waals surface area (Å²) >= 11 is 5.87. The topological polar surface area (TPSA) is 66.5 Å². The van der Waals surface area contributed by atoms with Crippen molar-refractivity contribution in [3.63, 3.8) is 0 Å². The molecule has 0 aliphatic carbocycles. The number of nitrogens with one attached hydrogen (secondary N) is 1. The number of carbonyl (C=O) groups is 1. The predicted octanol–water partition coefficient (Wildman–Crippen LogP) is 4.17. The molecule has 0 aliphatic heterocycles. The highest BCUT2D eigenvalue weighted by Crippen LogP contribution is 2.27. The molecule has 0 heterocycles. The Labute approximate surface area is 166 Å². The maximum atomic E-state index is 12.6. The molecule has 0 spiro atoms. The van der Waals surface area contributed by atoms with Crippen LogP contribution in [0.2, 0.25) is 5.02 Å². The van der Waals surface area contributed by atoms with Crippen LogP contribution in [0.25, 0.3) is 0 Å². The van der Waals surface area contributed by atoms with E-state index in [9.17, 15) is 13.2 Å². The molecule has 0 bridgehead atoms. The van der Waals surface area contributed by atoms with E-state index >= 15 is 0 Å². The van der Waals surface area contributed by atoms with Crippen molar-refractivity contribution in [2.75, 3.05) is 18.1 Å². The van der Waals surface area contributed by atoms with Gasteiger partial charge in [-0.1, -0.05) is 55.8 Å². The van der Waals surface area contributed by atoms with Gasteiger partial charge in [0.2, 0.25) is 15.9 Å². The van der Waals surface area contributed by atoms with Crippen molar-refractivity contribution >= 4 is 33.2 Å². The molecule has 2 aromatic rings. The van der Waals surface area contributed by atoms with Crippen LogP contribution in [0.4, 0.5) is 5.69 Å². The van der Waals surface area contributed by atoms with Gasteiger partial charge >= 0.3 is 0 Å². The molecule has 0 saturated carbocycles. The lowest BCUT2D eigenvalue weighted by Gasteiger charge is -2.21. The Bertz CT molecular complexity index is 909. The fourth-order valence-corrected chi connectivity index (χ4v) is 3.63. The Morgan fingerprint density at radius 2 is 1.78 bits per heavy atom. The standard InChI is InChI=1S/C20H25ClN2O3S/c1-14(2)18-7-5-6-15(3)20(18)22-19(24)13-23(27(4,25)26)12-16-8-10-17(21)11-9-16/h5-11,14H,12-13H2,1-4H3,(H,22,24).